The summed E-state index contributed by atoms with van der Waals surface area (Å²) in [5, 5.41) is 9.02. The molecule has 1 aromatic carbocycles. The minimum atomic E-state index is -1.72. The summed E-state index contributed by atoms with van der Waals surface area (Å²) in [6, 6.07) is 9.07. The third kappa shape index (κ3) is 5.96. The zero-order chi connectivity index (χ0) is 19.2. The molecule has 144 valence electrons. The molecule has 1 aliphatic rings. The summed E-state index contributed by atoms with van der Waals surface area (Å²) in [6.45, 7) is 0.392. The Kier molecular flexibility index (Phi) is 6.73. The Morgan fingerprint density at radius 1 is 1.41 bits per heavy atom. The standard InChI is InChI=1S/C17H21ClN6O2S/c18-13-3-1-2-12(9-13)16(19)23-15-6-7-21-17(24-15)22-14-5-4-11(8-14)10-26-27(20)25/h1-3,6-7,9,11,14H,4-5,8,10,20H2,(H3,19,21,22,23,24)/t11-,14+,27?/m1/s1. The second-order valence-electron chi connectivity index (χ2n) is 6.31. The molecule has 5 N–H and O–H groups in total. The number of amidine groups is 1. The highest BCUT2D eigenvalue weighted by Crippen LogP contribution is 2.28. The number of nitrogens with zero attached hydrogens (tertiary/aromatic N) is 3. The Hall–Kier alpha value is -2.07. The molecule has 2 aromatic rings. The van der Waals surface area contributed by atoms with E-state index in [-0.39, 0.29) is 6.04 Å². The van der Waals surface area contributed by atoms with Crippen LogP contribution < -0.4 is 16.2 Å². The Morgan fingerprint density at radius 2 is 2.26 bits per heavy atom. The summed E-state index contributed by atoms with van der Waals surface area (Å²) in [5.74, 6) is 1.59. The van der Waals surface area contributed by atoms with E-state index >= 15 is 0 Å². The molecular weight excluding hydrogens is 388 g/mol. The first-order chi connectivity index (χ1) is 13.0. The maximum absolute atomic E-state index is 10.8. The van der Waals surface area contributed by atoms with Gasteiger partial charge in [-0.05, 0) is 37.3 Å². The van der Waals surface area contributed by atoms with Gasteiger partial charge >= 0.3 is 0 Å². The summed E-state index contributed by atoms with van der Waals surface area (Å²) in [6.07, 6.45) is 4.42. The second kappa shape index (κ2) is 9.23. The number of rotatable bonds is 7. The van der Waals surface area contributed by atoms with Crippen molar-refractivity contribution in [3.63, 3.8) is 0 Å². The molecule has 1 aromatic heterocycles. The Labute approximate surface area is 165 Å². The normalized spacial score (nSPS) is 21.2. The molecule has 1 heterocycles. The number of nitrogens with two attached hydrogens (primary N) is 2. The number of anilines is 1. The number of nitrogens with one attached hydrogen (secondary N) is 1. The van der Waals surface area contributed by atoms with Gasteiger partial charge in [0.2, 0.25) is 17.2 Å². The zero-order valence-electron chi connectivity index (χ0n) is 14.5. The van der Waals surface area contributed by atoms with Crippen LogP contribution in [-0.2, 0) is 15.4 Å². The van der Waals surface area contributed by atoms with E-state index in [0.717, 1.165) is 24.8 Å². The lowest BCUT2D eigenvalue weighted by atomic mass is 10.1. The van der Waals surface area contributed by atoms with Crippen LogP contribution in [-0.4, -0.2) is 32.7 Å². The van der Waals surface area contributed by atoms with Gasteiger partial charge in [-0.3, -0.25) is 4.18 Å². The fraction of sp³-hybridized carbons (Fsp3) is 0.353. The van der Waals surface area contributed by atoms with Gasteiger partial charge in [0.25, 0.3) is 0 Å². The maximum Gasteiger partial charge on any atom is 0.231 e. The van der Waals surface area contributed by atoms with Crippen molar-refractivity contribution in [2.45, 2.75) is 25.3 Å². The van der Waals surface area contributed by atoms with Gasteiger partial charge in [0.15, 0.2) is 5.82 Å². The van der Waals surface area contributed by atoms with Gasteiger partial charge in [0, 0.05) is 28.9 Å². The lowest BCUT2D eigenvalue weighted by molar-refractivity contribution is 0.274. The number of halogens is 1. The molecule has 27 heavy (non-hydrogen) atoms. The zero-order valence-corrected chi connectivity index (χ0v) is 16.1. The molecule has 3 rings (SSSR count). The van der Waals surface area contributed by atoms with Gasteiger partial charge in [-0.1, -0.05) is 23.7 Å². The van der Waals surface area contributed by atoms with Crippen molar-refractivity contribution in [1.29, 1.82) is 0 Å². The van der Waals surface area contributed by atoms with Crippen LogP contribution in [0.5, 0.6) is 0 Å². The highest BCUT2D eigenvalue weighted by Gasteiger charge is 2.25. The van der Waals surface area contributed by atoms with Crippen molar-refractivity contribution >= 4 is 40.5 Å². The van der Waals surface area contributed by atoms with E-state index in [1.165, 1.54) is 0 Å². The minimum Gasteiger partial charge on any atom is -0.383 e. The van der Waals surface area contributed by atoms with Crippen LogP contribution >= 0.6 is 11.6 Å². The molecular formula is C17H21ClN6O2S. The SMILES string of the molecule is NC(=Nc1ccnc(N[C@H]2CC[C@@H](COS(N)=O)C2)n1)c1cccc(Cl)c1. The van der Waals surface area contributed by atoms with Crippen molar-refractivity contribution in [3.05, 3.63) is 47.1 Å². The van der Waals surface area contributed by atoms with E-state index in [1.54, 1.807) is 24.4 Å². The molecule has 1 aliphatic carbocycles. The van der Waals surface area contributed by atoms with Crippen LogP contribution in [0.1, 0.15) is 24.8 Å². The van der Waals surface area contributed by atoms with Gasteiger partial charge in [0.1, 0.15) is 5.84 Å². The Bertz CT molecular complexity index is 850. The molecule has 0 aliphatic heterocycles. The monoisotopic (exact) mass is 408 g/mol. The number of benzene rings is 1. The molecule has 1 saturated carbocycles. The molecule has 1 unspecified atom stereocenters. The van der Waals surface area contributed by atoms with Crippen LogP contribution in [0.3, 0.4) is 0 Å². The van der Waals surface area contributed by atoms with Crippen molar-refractivity contribution < 1.29 is 8.39 Å². The Morgan fingerprint density at radius 3 is 3.04 bits per heavy atom. The highest BCUT2D eigenvalue weighted by atomic mass is 35.5. The smallest absolute Gasteiger partial charge is 0.231 e. The first-order valence-corrected chi connectivity index (χ1v) is 10.0. The van der Waals surface area contributed by atoms with Crippen LogP contribution in [0.2, 0.25) is 5.02 Å². The summed E-state index contributed by atoms with van der Waals surface area (Å²) >= 11 is 4.27. The largest absolute Gasteiger partial charge is 0.383 e. The molecule has 10 heteroatoms. The second-order valence-corrected chi connectivity index (χ2v) is 7.50. The van der Waals surface area contributed by atoms with Gasteiger partial charge < -0.3 is 11.1 Å². The molecule has 0 bridgehead atoms. The predicted molar refractivity (Wildman–Crippen MR) is 107 cm³/mol. The summed E-state index contributed by atoms with van der Waals surface area (Å²) in [5.41, 5.74) is 6.78. The number of hydrogen-bond acceptors (Lipinski definition) is 6. The number of aromatic nitrogens is 2. The number of hydrogen-bond donors (Lipinski definition) is 3. The van der Waals surface area contributed by atoms with E-state index in [9.17, 15) is 4.21 Å². The van der Waals surface area contributed by atoms with Gasteiger partial charge in [-0.25, -0.2) is 19.3 Å². The van der Waals surface area contributed by atoms with Crippen LogP contribution in [0, 0.1) is 5.92 Å². The highest BCUT2D eigenvalue weighted by molar-refractivity contribution is 7.77. The lowest BCUT2D eigenvalue weighted by Crippen LogP contribution is -2.19. The third-order valence-electron chi connectivity index (χ3n) is 4.29. The number of aliphatic imine (C=N–C) groups is 1. The van der Waals surface area contributed by atoms with E-state index in [4.69, 9.17) is 26.7 Å². The maximum atomic E-state index is 10.8. The molecule has 0 amide bonds. The van der Waals surface area contributed by atoms with Crippen LogP contribution in [0.25, 0.3) is 0 Å². The summed E-state index contributed by atoms with van der Waals surface area (Å²) in [4.78, 5) is 13.0. The van der Waals surface area contributed by atoms with Crippen molar-refractivity contribution in [1.82, 2.24) is 9.97 Å². The molecule has 0 spiro atoms. The van der Waals surface area contributed by atoms with Crippen molar-refractivity contribution in [2.75, 3.05) is 11.9 Å². The van der Waals surface area contributed by atoms with E-state index < -0.39 is 11.3 Å². The first kappa shape index (κ1) is 19.7. The van der Waals surface area contributed by atoms with Crippen LogP contribution in [0.15, 0.2) is 41.5 Å². The molecule has 8 nitrogen and oxygen atoms in total. The van der Waals surface area contributed by atoms with Gasteiger partial charge in [-0.15, -0.1) is 0 Å². The summed E-state index contributed by atoms with van der Waals surface area (Å²) < 4.78 is 15.8. The van der Waals surface area contributed by atoms with Gasteiger partial charge in [0.05, 0.1) is 6.61 Å². The average Bonchev–Trinajstić information content (AvgIpc) is 3.07. The first-order valence-electron chi connectivity index (χ1n) is 8.48. The third-order valence-corrected chi connectivity index (χ3v) is 4.89. The lowest BCUT2D eigenvalue weighted by Gasteiger charge is -2.13. The topological polar surface area (TPSA) is 129 Å². The summed E-state index contributed by atoms with van der Waals surface area (Å²) in [7, 11) is 0. The predicted octanol–water partition coefficient (Wildman–Crippen LogP) is 2.30. The minimum absolute atomic E-state index is 0.217. The fourth-order valence-electron chi connectivity index (χ4n) is 3.02. The molecule has 0 saturated heterocycles. The van der Waals surface area contributed by atoms with E-state index in [2.05, 4.69) is 20.3 Å². The average molecular weight is 409 g/mol. The van der Waals surface area contributed by atoms with E-state index in [0.29, 0.717) is 35.1 Å². The molecule has 1 fully saturated rings. The molecule has 3 atom stereocenters. The van der Waals surface area contributed by atoms with Crippen molar-refractivity contribution in [2.24, 2.45) is 21.8 Å². The van der Waals surface area contributed by atoms with Crippen LogP contribution in [0.4, 0.5) is 11.8 Å². The van der Waals surface area contributed by atoms with Crippen molar-refractivity contribution in [3.8, 4) is 0 Å². The van der Waals surface area contributed by atoms with Gasteiger partial charge in [-0.2, -0.15) is 4.98 Å². The fourth-order valence-corrected chi connectivity index (χ4v) is 3.54. The molecule has 0 radical (unpaired) electrons. The quantitative estimate of drug-likeness (QED) is 0.476. The van der Waals surface area contributed by atoms with E-state index in [1.807, 2.05) is 12.1 Å². The Balaban J connectivity index is 1.62.